The number of para-hydroxylation sites is 2. The Balaban J connectivity index is 1.09. The van der Waals surface area contributed by atoms with E-state index in [4.69, 9.17) is 0 Å². The predicted molar refractivity (Wildman–Crippen MR) is 215 cm³/mol. The van der Waals surface area contributed by atoms with Gasteiger partial charge in [-0.05, 0) is 112 Å². The Bertz CT molecular complexity index is 2230. The van der Waals surface area contributed by atoms with Crippen LogP contribution in [0, 0.1) is 0 Å². The number of aromatic nitrogens is 2. The minimum atomic E-state index is -0.0671. The molecule has 2 aliphatic rings. The van der Waals surface area contributed by atoms with Crippen molar-refractivity contribution in [3.8, 4) is 33.4 Å². The molecular formula is C49H43N3. The van der Waals surface area contributed by atoms with Crippen LogP contribution in [0.2, 0.25) is 0 Å². The fourth-order valence-electron chi connectivity index (χ4n) is 8.95. The molecule has 0 atom stereocenters. The molecule has 3 heteroatoms. The van der Waals surface area contributed by atoms with Crippen LogP contribution in [-0.4, -0.2) is 9.97 Å². The van der Waals surface area contributed by atoms with E-state index in [1.807, 2.05) is 36.9 Å². The van der Waals surface area contributed by atoms with Crippen molar-refractivity contribution < 1.29 is 0 Å². The number of anilines is 3. The lowest BCUT2D eigenvalue weighted by Crippen LogP contribution is -2.31. The average molecular weight is 674 g/mol. The Kier molecular flexibility index (Phi) is 8.08. The third-order valence-corrected chi connectivity index (χ3v) is 11.7. The van der Waals surface area contributed by atoms with Crippen LogP contribution in [0.1, 0.15) is 68.2 Å². The highest BCUT2D eigenvalue weighted by Gasteiger charge is 2.38. The number of benzene rings is 5. The Morgan fingerprint density at radius 2 is 0.942 bits per heavy atom. The summed E-state index contributed by atoms with van der Waals surface area (Å²) in [4.78, 5) is 11.3. The van der Waals surface area contributed by atoms with E-state index in [0.717, 1.165) is 35.1 Å². The summed E-state index contributed by atoms with van der Waals surface area (Å²) in [6.45, 7) is 4.70. The molecule has 0 N–H and O–H groups in total. The molecule has 9 rings (SSSR count). The molecular weight excluding hydrogens is 631 g/mol. The summed E-state index contributed by atoms with van der Waals surface area (Å²) in [5.41, 5.74) is 16.1. The predicted octanol–water partition coefficient (Wildman–Crippen LogP) is 12.8. The molecule has 0 unspecified atom stereocenters. The summed E-state index contributed by atoms with van der Waals surface area (Å²) in [7, 11) is 0. The summed E-state index contributed by atoms with van der Waals surface area (Å²) in [6, 6.07) is 51.9. The molecule has 2 aromatic heterocycles. The molecule has 1 fully saturated rings. The van der Waals surface area contributed by atoms with Gasteiger partial charge in [0.05, 0.1) is 11.4 Å². The molecule has 1 saturated carbocycles. The van der Waals surface area contributed by atoms with Crippen LogP contribution in [0.3, 0.4) is 0 Å². The van der Waals surface area contributed by atoms with Gasteiger partial charge in [-0.15, -0.1) is 0 Å². The summed E-state index contributed by atoms with van der Waals surface area (Å²) >= 11 is 0. The Labute approximate surface area is 307 Å². The average Bonchev–Trinajstić information content (AvgIpc) is 3.22. The van der Waals surface area contributed by atoms with E-state index < -0.39 is 0 Å². The van der Waals surface area contributed by atoms with Crippen molar-refractivity contribution in [1.82, 2.24) is 9.97 Å². The zero-order valence-corrected chi connectivity index (χ0v) is 30.0. The minimum absolute atomic E-state index is 0.00651. The molecule has 1 aliphatic heterocycles. The van der Waals surface area contributed by atoms with E-state index in [-0.39, 0.29) is 10.8 Å². The highest BCUT2D eigenvalue weighted by molar-refractivity contribution is 5.86. The normalized spacial score (nSPS) is 15.8. The molecule has 254 valence electrons. The van der Waals surface area contributed by atoms with E-state index >= 15 is 0 Å². The zero-order valence-electron chi connectivity index (χ0n) is 30.0. The van der Waals surface area contributed by atoms with Crippen molar-refractivity contribution in [3.63, 3.8) is 0 Å². The monoisotopic (exact) mass is 673 g/mol. The molecule has 0 amide bonds. The van der Waals surface area contributed by atoms with Crippen LogP contribution in [0.15, 0.2) is 164 Å². The molecule has 0 radical (unpaired) electrons. The van der Waals surface area contributed by atoms with E-state index in [0.29, 0.717) is 0 Å². The van der Waals surface area contributed by atoms with Crippen molar-refractivity contribution in [1.29, 1.82) is 0 Å². The molecule has 0 spiro atoms. The maximum absolute atomic E-state index is 4.41. The van der Waals surface area contributed by atoms with Gasteiger partial charge >= 0.3 is 0 Å². The van der Waals surface area contributed by atoms with Crippen LogP contribution in [-0.2, 0) is 10.8 Å². The van der Waals surface area contributed by atoms with E-state index in [1.54, 1.807) is 0 Å². The number of pyridine rings is 2. The van der Waals surface area contributed by atoms with Crippen LogP contribution < -0.4 is 4.90 Å². The zero-order chi connectivity index (χ0) is 35.1. The van der Waals surface area contributed by atoms with Crippen molar-refractivity contribution >= 4 is 17.1 Å². The van der Waals surface area contributed by atoms with Gasteiger partial charge in [0.25, 0.3) is 0 Å². The Morgan fingerprint density at radius 3 is 1.44 bits per heavy atom. The lowest BCUT2D eigenvalue weighted by atomic mass is 9.65. The SMILES string of the molecule is CC1(C)c2ccccc2N(c2ccc(C3(c4ccc(-c5cc(-c6cccnc6)cc(-c6cccnc6)c5)cc4)CCCCC3)cc2)c2ccccc21. The van der Waals surface area contributed by atoms with Gasteiger partial charge < -0.3 is 4.90 Å². The molecule has 52 heavy (non-hydrogen) atoms. The Hall–Kier alpha value is -5.80. The molecule has 0 saturated heterocycles. The summed E-state index contributed by atoms with van der Waals surface area (Å²) in [6.07, 6.45) is 13.7. The van der Waals surface area contributed by atoms with Crippen molar-refractivity contribution in [2.24, 2.45) is 0 Å². The first-order chi connectivity index (χ1) is 25.5. The fourth-order valence-corrected chi connectivity index (χ4v) is 8.95. The molecule has 3 heterocycles. The number of fused-ring (bicyclic) bond motifs is 2. The lowest BCUT2D eigenvalue weighted by molar-refractivity contribution is 0.346. The highest BCUT2D eigenvalue weighted by atomic mass is 15.2. The maximum atomic E-state index is 4.41. The first kappa shape index (κ1) is 32.1. The van der Waals surface area contributed by atoms with E-state index in [2.05, 4.69) is 156 Å². The summed E-state index contributed by atoms with van der Waals surface area (Å²) < 4.78 is 0. The number of hydrogen-bond acceptors (Lipinski definition) is 3. The van der Waals surface area contributed by atoms with Gasteiger partial charge in [-0.1, -0.05) is 118 Å². The second-order valence-electron chi connectivity index (χ2n) is 15.0. The van der Waals surface area contributed by atoms with E-state index in [1.165, 1.54) is 69.7 Å². The third kappa shape index (κ3) is 5.52. The second kappa shape index (κ2) is 13.1. The lowest BCUT2D eigenvalue weighted by Gasteiger charge is -2.42. The maximum Gasteiger partial charge on any atom is 0.0502 e. The molecule has 3 nitrogen and oxygen atoms in total. The Morgan fingerprint density at radius 1 is 0.462 bits per heavy atom. The number of rotatable bonds is 6. The smallest absolute Gasteiger partial charge is 0.0502 e. The van der Waals surface area contributed by atoms with Crippen LogP contribution in [0.4, 0.5) is 17.1 Å². The largest absolute Gasteiger partial charge is 0.310 e. The molecule has 7 aromatic rings. The van der Waals surface area contributed by atoms with Gasteiger partial charge in [-0.2, -0.15) is 0 Å². The topological polar surface area (TPSA) is 29.0 Å². The quantitative estimate of drug-likeness (QED) is 0.176. The number of nitrogens with zero attached hydrogens (tertiary/aromatic N) is 3. The van der Waals surface area contributed by atoms with Crippen molar-refractivity contribution in [3.05, 3.63) is 187 Å². The second-order valence-corrected chi connectivity index (χ2v) is 15.0. The first-order valence-corrected chi connectivity index (χ1v) is 18.7. The standard InChI is InChI=1S/C49H43N3/c1-48(2)44-14-4-6-16-46(44)52(47-17-7-5-15-45(47)48)43-24-22-42(23-25-43)49(26-8-3-9-27-49)41-20-18-35(19-21-41)38-30-39(36-12-10-28-50-33-36)32-40(31-38)37-13-11-29-51-34-37/h4-7,10-25,28-34H,3,8-9,26-27H2,1-2H3. The number of hydrogen-bond donors (Lipinski definition) is 0. The third-order valence-electron chi connectivity index (χ3n) is 11.7. The fraction of sp³-hybridized carbons (Fsp3) is 0.184. The van der Waals surface area contributed by atoms with Crippen molar-refractivity contribution in [2.75, 3.05) is 4.90 Å². The van der Waals surface area contributed by atoms with Gasteiger partial charge in [0.1, 0.15) is 0 Å². The highest BCUT2D eigenvalue weighted by Crippen LogP contribution is 2.52. The summed E-state index contributed by atoms with van der Waals surface area (Å²) in [5, 5.41) is 0. The minimum Gasteiger partial charge on any atom is -0.310 e. The van der Waals surface area contributed by atoms with E-state index in [9.17, 15) is 0 Å². The van der Waals surface area contributed by atoms with Gasteiger partial charge in [-0.3, -0.25) is 9.97 Å². The molecule has 5 aromatic carbocycles. The van der Waals surface area contributed by atoms with Crippen LogP contribution in [0.5, 0.6) is 0 Å². The van der Waals surface area contributed by atoms with Crippen molar-refractivity contribution in [2.45, 2.75) is 56.8 Å². The van der Waals surface area contributed by atoms with Gasteiger partial charge in [0.2, 0.25) is 0 Å². The molecule has 0 bridgehead atoms. The summed E-state index contributed by atoms with van der Waals surface area (Å²) in [5.74, 6) is 0. The van der Waals surface area contributed by atoms with Gasteiger partial charge in [0, 0.05) is 52.4 Å². The van der Waals surface area contributed by atoms with Gasteiger partial charge in [-0.25, -0.2) is 0 Å². The van der Waals surface area contributed by atoms with Crippen LogP contribution >= 0.6 is 0 Å². The van der Waals surface area contributed by atoms with Gasteiger partial charge in [0.15, 0.2) is 0 Å². The molecule has 1 aliphatic carbocycles. The first-order valence-electron chi connectivity index (χ1n) is 18.7. The van der Waals surface area contributed by atoms with Crippen LogP contribution in [0.25, 0.3) is 33.4 Å².